The molecule has 0 aliphatic heterocycles. The fraction of sp³-hybridized carbons (Fsp3) is 0. The third kappa shape index (κ3) is 3.96. The SMILES string of the molecule is Fc1cccc(S)c1F.Fc1cccc(S)c1F. The Labute approximate surface area is 112 Å². The van der Waals surface area contributed by atoms with Crippen molar-refractivity contribution in [3.8, 4) is 0 Å². The van der Waals surface area contributed by atoms with Crippen LogP contribution in [0.3, 0.4) is 0 Å². The summed E-state index contributed by atoms with van der Waals surface area (Å²) in [4.78, 5) is 0.0741. The van der Waals surface area contributed by atoms with Gasteiger partial charge in [0.1, 0.15) is 0 Å². The van der Waals surface area contributed by atoms with Gasteiger partial charge in [-0.25, -0.2) is 17.6 Å². The van der Waals surface area contributed by atoms with Gasteiger partial charge < -0.3 is 0 Å². The normalized spacial score (nSPS) is 9.67. The zero-order chi connectivity index (χ0) is 13.7. The molecule has 2 aromatic carbocycles. The molecular formula is C12H8F4S2. The van der Waals surface area contributed by atoms with Gasteiger partial charge >= 0.3 is 0 Å². The molecule has 0 heterocycles. The van der Waals surface area contributed by atoms with Crippen LogP contribution in [0.15, 0.2) is 46.2 Å². The molecule has 0 spiro atoms. The van der Waals surface area contributed by atoms with Crippen molar-refractivity contribution in [2.45, 2.75) is 9.79 Å². The third-order valence-electron chi connectivity index (χ3n) is 1.86. The lowest BCUT2D eigenvalue weighted by atomic mass is 10.3. The van der Waals surface area contributed by atoms with Crippen molar-refractivity contribution >= 4 is 25.3 Å². The average molecular weight is 292 g/mol. The molecule has 2 rings (SSSR count). The molecular weight excluding hydrogens is 284 g/mol. The molecule has 2 aromatic rings. The van der Waals surface area contributed by atoms with Crippen LogP contribution in [-0.2, 0) is 0 Å². The van der Waals surface area contributed by atoms with Gasteiger partial charge in [0.05, 0.1) is 0 Å². The van der Waals surface area contributed by atoms with E-state index in [1.54, 1.807) is 0 Å². The maximum absolute atomic E-state index is 12.3. The highest BCUT2D eigenvalue weighted by molar-refractivity contribution is 7.80. The van der Waals surface area contributed by atoms with Crippen LogP contribution >= 0.6 is 25.3 Å². The van der Waals surface area contributed by atoms with Crippen molar-refractivity contribution in [3.63, 3.8) is 0 Å². The molecule has 0 N–H and O–H groups in total. The van der Waals surface area contributed by atoms with Gasteiger partial charge in [-0.15, -0.1) is 25.3 Å². The van der Waals surface area contributed by atoms with E-state index >= 15 is 0 Å². The number of halogens is 4. The summed E-state index contributed by atoms with van der Waals surface area (Å²) in [5.41, 5.74) is 0. The summed E-state index contributed by atoms with van der Waals surface area (Å²) < 4.78 is 48.9. The summed E-state index contributed by atoms with van der Waals surface area (Å²) in [5, 5.41) is 0. The lowest BCUT2D eigenvalue weighted by Gasteiger charge is -1.92. The Hall–Kier alpha value is -1.14. The Morgan fingerprint density at radius 1 is 0.611 bits per heavy atom. The molecule has 0 aliphatic rings. The van der Waals surface area contributed by atoms with E-state index in [0.717, 1.165) is 12.1 Å². The van der Waals surface area contributed by atoms with E-state index in [0.29, 0.717) is 0 Å². The Bertz CT molecular complexity index is 454. The zero-order valence-electron chi connectivity index (χ0n) is 8.87. The van der Waals surface area contributed by atoms with Gasteiger partial charge in [-0.1, -0.05) is 12.1 Å². The predicted molar refractivity (Wildman–Crippen MR) is 67.2 cm³/mol. The quantitative estimate of drug-likeness (QED) is 0.518. The average Bonchev–Trinajstić information content (AvgIpc) is 2.34. The largest absolute Gasteiger partial charge is 0.204 e. The first-order chi connectivity index (χ1) is 8.43. The van der Waals surface area contributed by atoms with Crippen molar-refractivity contribution < 1.29 is 17.6 Å². The van der Waals surface area contributed by atoms with E-state index in [9.17, 15) is 17.6 Å². The number of hydrogen-bond acceptors (Lipinski definition) is 2. The molecule has 0 atom stereocenters. The lowest BCUT2D eigenvalue weighted by molar-refractivity contribution is 0.492. The van der Waals surface area contributed by atoms with Gasteiger partial charge in [0.15, 0.2) is 23.3 Å². The molecule has 18 heavy (non-hydrogen) atoms. The van der Waals surface area contributed by atoms with Gasteiger partial charge in [0.25, 0.3) is 0 Å². The summed E-state index contributed by atoms with van der Waals surface area (Å²) in [7, 11) is 0. The maximum atomic E-state index is 12.3. The first kappa shape index (κ1) is 14.9. The first-order valence-corrected chi connectivity index (χ1v) is 5.59. The van der Waals surface area contributed by atoms with E-state index in [1.807, 2.05) is 0 Å². The summed E-state index contributed by atoms with van der Waals surface area (Å²) >= 11 is 7.31. The monoisotopic (exact) mass is 292 g/mol. The first-order valence-electron chi connectivity index (χ1n) is 4.69. The molecule has 0 amide bonds. The van der Waals surface area contributed by atoms with Crippen molar-refractivity contribution in [2.24, 2.45) is 0 Å². The molecule has 0 bridgehead atoms. The van der Waals surface area contributed by atoms with Crippen LogP contribution in [0.25, 0.3) is 0 Å². The standard InChI is InChI=1S/2C6H4F2S/c2*7-4-2-1-3-5(9)6(4)8/h2*1-3,9H. The van der Waals surface area contributed by atoms with Crippen LogP contribution in [-0.4, -0.2) is 0 Å². The number of thiol groups is 2. The molecule has 0 fully saturated rings. The maximum Gasteiger partial charge on any atom is 0.172 e. The highest BCUT2D eigenvalue weighted by atomic mass is 32.1. The second kappa shape index (κ2) is 6.70. The fourth-order valence-electron chi connectivity index (χ4n) is 0.985. The van der Waals surface area contributed by atoms with Crippen molar-refractivity contribution in [1.82, 2.24) is 0 Å². The van der Waals surface area contributed by atoms with Gasteiger partial charge in [-0.3, -0.25) is 0 Å². The Morgan fingerprint density at radius 2 is 0.944 bits per heavy atom. The van der Waals surface area contributed by atoms with E-state index in [4.69, 9.17) is 0 Å². The summed E-state index contributed by atoms with van der Waals surface area (Å²) in [6, 6.07) is 7.69. The number of hydrogen-bond donors (Lipinski definition) is 2. The highest BCUT2D eigenvalue weighted by Crippen LogP contribution is 2.14. The minimum atomic E-state index is -0.888. The second-order valence-electron chi connectivity index (χ2n) is 3.15. The van der Waals surface area contributed by atoms with Crippen LogP contribution in [0.5, 0.6) is 0 Å². The summed E-state index contributed by atoms with van der Waals surface area (Å²) in [5.74, 6) is -3.49. The lowest BCUT2D eigenvalue weighted by Crippen LogP contribution is -1.82. The molecule has 6 heteroatoms. The Kier molecular flexibility index (Phi) is 5.55. The molecule has 0 aromatic heterocycles. The van der Waals surface area contributed by atoms with Crippen LogP contribution < -0.4 is 0 Å². The van der Waals surface area contributed by atoms with Crippen molar-refractivity contribution in [2.75, 3.05) is 0 Å². The van der Waals surface area contributed by atoms with Gasteiger partial charge in [-0.05, 0) is 24.3 Å². The predicted octanol–water partition coefficient (Wildman–Crippen LogP) is 4.51. The minimum absolute atomic E-state index is 0.0370. The van der Waals surface area contributed by atoms with Gasteiger partial charge in [0, 0.05) is 9.79 Å². The smallest absolute Gasteiger partial charge is 0.172 e. The van der Waals surface area contributed by atoms with Crippen LogP contribution in [0, 0.1) is 23.3 Å². The van der Waals surface area contributed by atoms with E-state index in [1.165, 1.54) is 24.3 Å². The van der Waals surface area contributed by atoms with E-state index in [-0.39, 0.29) is 9.79 Å². The topological polar surface area (TPSA) is 0 Å². The van der Waals surface area contributed by atoms with Gasteiger partial charge in [-0.2, -0.15) is 0 Å². The van der Waals surface area contributed by atoms with Crippen LogP contribution in [0.1, 0.15) is 0 Å². The van der Waals surface area contributed by atoms with Gasteiger partial charge in [0.2, 0.25) is 0 Å². The van der Waals surface area contributed by atoms with Crippen LogP contribution in [0.4, 0.5) is 17.6 Å². The van der Waals surface area contributed by atoms with Crippen LogP contribution in [0.2, 0.25) is 0 Å². The molecule has 0 saturated carbocycles. The third-order valence-corrected chi connectivity index (χ3v) is 2.55. The highest BCUT2D eigenvalue weighted by Gasteiger charge is 2.02. The number of benzene rings is 2. The van der Waals surface area contributed by atoms with E-state index in [2.05, 4.69) is 25.3 Å². The molecule has 96 valence electrons. The molecule has 0 aliphatic carbocycles. The molecule has 0 radical (unpaired) electrons. The molecule has 0 unspecified atom stereocenters. The van der Waals surface area contributed by atoms with E-state index < -0.39 is 23.3 Å². The fourth-order valence-corrected chi connectivity index (χ4v) is 1.37. The molecule has 0 saturated heterocycles. The zero-order valence-corrected chi connectivity index (χ0v) is 10.7. The minimum Gasteiger partial charge on any atom is -0.204 e. The second-order valence-corrected chi connectivity index (χ2v) is 4.11. The Morgan fingerprint density at radius 3 is 1.17 bits per heavy atom. The van der Waals surface area contributed by atoms with Crippen molar-refractivity contribution in [3.05, 3.63) is 59.7 Å². The Balaban J connectivity index is 0.000000180. The molecule has 0 nitrogen and oxygen atoms in total. The summed E-state index contributed by atoms with van der Waals surface area (Å²) in [6.07, 6.45) is 0. The summed E-state index contributed by atoms with van der Waals surface area (Å²) in [6.45, 7) is 0. The van der Waals surface area contributed by atoms with Crippen molar-refractivity contribution in [1.29, 1.82) is 0 Å². The number of rotatable bonds is 0.